The maximum Gasteiger partial charge on any atom is 0.192 e. The normalized spacial score (nSPS) is 16.7. The average Bonchev–Trinajstić information content (AvgIpc) is 3.58. The third-order valence-corrected chi connectivity index (χ3v) is 29.4. The zero-order chi connectivity index (χ0) is 49.3. The van der Waals surface area contributed by atoms with Crippen molar-refractivity contribution in [2.75, 3.05) is 13.7 Å². The van der Waals surface area contributed by atoms with Crippen molar-refractivity contribution < 1.29 is 27.5 Å². The van der Waals surface area contributed by atoms with E-state index in [0.717, 1.165) is 53.3 Å². The number of ether oxygens (including phenoxy) is 2. The van der Waals surface area contributed by atoms with Crippen LogP contribution in [0.5, 0.6) is 5.75 Å². The van der Waals surface area contributed by atoms with Gasteiger partial charge in [-0.3, -0.25) is 4.79 Å². The fourth-order valence-electron chi connectivity index (χ4n) is 7.21. The molecule has 0 aliphatic rings. The summed E-state index contributed by atoms with van der Waals surface area (Å²) in [6, 6.07) is 8.08. The number of benzene rings is 1. The maximum absolute atomic E-state index is 15.2. The molecule has 2 rings (SSSR count). The molecule has 0 radical (unpaired) electrons. The SMILES string of the molecule is COc1ccc(CO[C@@H](C/C=C(/C)CCC[C@H](C)[C@H](O[Si](C)(C)C(C)(C)C)[C@@H](C)C(=O)C(C)(C)[C@H](CCO[Si](C)(C)C(C)(C)C)O[Si](C)(C)C(C)(C)C)/C(C)=C/c2csc(C)n2)cc1. The van der Waals surface area contributed by atoms with Crippen molar-refractivity contribution in [2.45, 2.75) is 222 Å². The second kappa shape index (κ2) is 23.5. The van der Waals surface area contributed by atoms with E-state index in [1.54, 1.807) is 18.4 Å². The quantitative estimate of drug-likeness (QED) is 0.0725. The van der Waals surface area contributed by atoms with Crippen LogP contribution in [-0.4, -0.2) is 67.7 Å². The van der Waals surface area contributed by atoms with Crippen LogP contribution in [0.25, 0.3) is 6.08 Å². The second-order valence-electron chi connectivity index (χ2n) is 24.0. The van der Waals surface area contributed by atoms with E-state index in [-0.39, 0.29) is 51.0 Å². The summed E-state index contributed by atoms with van der Waals surface area (Å²) in [7, 11) is -4.78. The van der Waals surface area contributed by atoms with E-state index in [2.05, 4.69) is 178 Å². The Labute approximate surface area is 400 Å². The van der Waals surface area contributed by atoms with Crippen molar-refractivity contribution in [1.82, 2.24) is 4.98 Å². The number of methoxy groups -OCH3 is 1. The number of thiazole rings is 1. The van der Waals surface area contributed by atoms with Gasteiger partial charge in [-0.25, -0.2) is 4.98 Å². The minimum Gasteiger partial charge on any atom is -0.497 e. The Hall–Kier alpha value is -1.71. The van der Waals surface area contributed by atoms with E-state index in [1.165, 1.54) is 5.57 Å². The minimum atomic E-state index is -2.24. The van der Waals surface area contributed by atoms with E-state index in [1.807, 2.05) is 19.1 Å². The number of nitrogens with zero attached hydrogens (tertiary/aromatic N) is 1. The zero-order valence-electron chi connectivity index (χ0n) is 45.2. The Morgan fingerprint density at radius 3 is 1.84 bits per heavy atom. The summed E-state index contributed by atoms with van der Waals surface area (Å²) in [5, 5.41) is 3.28. The standard InChI is InChI=1S/C53H95NO6SSi3/c1-38(27-32-46(40(3)35-44-37-61-42(5)54-44)57-36-43-28-30-45(56-17)31-29-43)25-24-26-39(2)48(60-64(22,23)52(12,13)14)41(4)49(55)53(15,16)47(59-63(20,21)51(9,10)11)33-34-58-62(18,19)50(6,7)8/h27-31,35,37,39,41,46-48H,24-26,32-34,36H2,1-23H3/b38-27-,40-35+/t39-,41+,46-,47-,48-/m0/s1. The summed E-state index contributed by atoms with van der Waals surface area (Å²) < 4.78 is 33.3. The largest absolute Gasteiger partial charge is 0.497 e. The second-order valence-corrected chi connectivity index (χ2v) is 39.3. The molecule has 5 atom stereocenters. The molecule has 0 unspecified atom stereocenters. The maximum atomic E-state index is 15.2. The molecule has 0 aliphatic carbocycles. The lowest BCUT2D eigenvalue weighted by atomic mass is 9.73. The van der Waals surface area contributed by atoms with Crippen molar-refractivity contribution in [2.24, 2.45) is 17.3 Å². The molecule has 1 heterocycles. The summed E-state index contributed by atoms with van der Waals surface area (Å²) >= 11 is 1.67. The van der Waals surface area contributed by atoms with Crippen LogP contribution in [0.3, 0.4) is 0 Å². The molecule has 64 heavy (non-hydrogen) atoms. The summed E-state index contributed by atoms with van der Waals surface area (Å²) in [5.74, 6) is 0.949. The Kier molecular flexibility index (Phi) is 21.5. The van der Waals surface area contributed by atoms with Crippen molar-refractivity contribution in [3.63, 3.8) is 0 Å². The number of aryl methyl sites for hydroxylation is 1. The molecule has 0 amide bonds. The van der Waals surface area contributed by atoms with E-state index < -0.39 is 30.4 Å². The summed E-state index contributed by atoms with van der Waals surface area (Å²) in [6.45, 7) is 50.6. The highest BCUT2D eigenvalue weighted by Crippen LogP contribution is 2.45. The van der Waals surface area contributed by atoms with Gasteiger partial charge in [0.15, 0.2) is 25.0 Å². The van der Waals surface area contributed by atoms with E-state index in [9.17, 15) is 0 Å². The van der Waals surface area contributed by atoms with Gasteiger partial charge in [0, 0.05) is 23.3 Å². The van der Waals surface area contributed by atoms with Crippen LogP contribution in [0.2, 0.25) is 54.4 Å². The zero-order valence-corrected chi connectivity index (χ0v) is 49.0. The van der Waals surface area contributed by atoms with Gasteiger partial charge in [-0.15, -0.1) is 11.3 Å². The molecule has 366 valence electrons. The molecule has 2 aromatic rings. The average molecular weight is 959 g/mol. The van der Waals surface area contributed by atoms with Crippen LogP contribution in [-0.2, 0) is 29.4 Å². The van der Waals surface area contributed by atoms with E-state index >= 15 is 4.79 Å². The first-order valence-corrected chi connectivity index (χ1v) is 33.7. The molecule has 11 heteroatoms. The molecule has 0 bridgehead atoms. The third kappa shape index (κ3) is 17.1. The predicted octanol–water partition coefficient (Wildman–Crippen LogP) is 16.0. The highest BCUT2D eigenvalue weighted by Gasteiger charge is 2.49. The lowest BCUT2D eigenvalue weighted by molar-refractivity contribution is -0.141. The Bertz CT molecular complexity index is 1810. The molecule has 0 spiro atoms. The highest BCUT2D eigenvalue weighted by atomic mass is 32.1. The van der Waals surface area contributed by atoms with Gasteiger partial charge in [0.2, 0.25) is 0 Å². The number of hydrogen-bond donors (Lipinski definition) is 0. The van der Waals surface area contributed by atoms with Crippen LogP contribution in [0.15, 0.2) is 46.9 Å². The van der Waals surface area contributed by atoms with Crippen LogP contribution >= 0.6 is 11.3 Å². The lowest BCUT2D eigenvalue weighted by Crippen LogP contribution is -2.54. The highest BCUT2D eigenvalue weighted by molar-refractivity contribution is 7.09. The molecular formula is C53H95NO6SSi3. The topological polar surface area (TPSA) is 76.1 Å². The Morgan fingerprint density at radius 1 is 0.797 bits per heavy atom. The first-order valence-electron chi connectivity index (χ1n) is 24.1. The number of carbonyl (C=O) groups excluding carboxylic acids is 1. The Balaban J connectivity index is 2.36. The first kappa shape index (κ1) is 58.4. The third-order valence-electron chi connectivity index (χ3n) is 15.1. The molecule has 0 saturated carbocycles. The number of allylic oxidation sites excluding steroid dienone is 1. The van der Waals surface area contributed by atoms with E-state index in [4.69, 9.17) is 22.8 Å². The predicted molar refractivity (Wildman–Crippen MR) is 283 cm³/mol. The summed E-state index contributed by atoms with van der Waals surface area (Å²) in [4.78, 5) is 19.9. The molecule has 1 aromatic heterocycles. The molecular weight excluding hydrogens is 863 g/mol. The van der Waals surface area contributed by atoms with Gasteiger partial charge in [-0.05, 0) is 143 Å². The smallest absolute Gasteiger partial charge is 0.192 e. The summed E-state index contributed by atoms with van der Waals surface area (Å²) in [5.41, 5.74) is 3.85. The van der Waals surface area contributed by atoms with Crippen LogP contribution in [0.1, 0.15) is 152 Å². The molecule has 7 nitrogen and oxygen atoms in total. The van der Waals surface area contributed by atoms with Crippen LogP contribution < -0.4 is 4.74 Å². The summed E-state index contributed by atoms with van der Waals surface area (Å²) in [6.07, 6.45) is 8.37. The van der Waals surface area contributed by atoms with Crippen LogP contribution in [0.4, 0.5) is 0 Å². The van der Waals surface area contributed by atoms with Gasteiger partial charge in [0.05, 0.1) is 42.7 Å². The van der Waals surface area contributed by atoms with Crippen molar-refractivity contribution in [3.8, 4) is 5.75 Å². The van der Waals surface area contributed by atoms with Crippen molar-refractivity contribution >= 4 is 48.1 Å². The molecule has 0 N–H and O–H groups in total. The van der Waals surface area contributed by atoms with E-state index in [0.29, 0.717) is 19.6 Å². The van der Waals surface area contributed by atoms with Gasteiger partial charge in [-0.2, -0.15) is 0 Å². The fourth-order valence-corrected chi connectivity index (χ4v) is 11.8. The van der Waals surface area contributed by atoms with Crippen LogP contribution in [0, 0.1) is 24.2 Å². The van der Waals surface area contributed by atoms with Crippen molar-refractivity contribution in [3.05, 3.63) is 63.1 Å². The number of carbonyl (C=O) groups is 1. The minimum absolute atomic E-state index is 0.00680. The van der Waals surface area contributed by atoms with Gasteiger partial charge < -0.3 is 22.8 Å². The number of Topliss-reactive ketones (excluding diaryl/α,β-unsaturated/α-hetero) is 1. The number of hydrogen-bond acceptors (Lipinski definition) is 8. The molecule has 0 fully saturated rings. The van der Waals surface area contributed by atoms with Crippen molar-refractivity contribution in [1.29, 1.82) is 0 Å². The van der Waals surface area contributed by atoms with Gasteiger partial charge in [0.25, 0.3) is 0 Å². The first-order chi connectivity index (χ1) is 29.1. The van der Waals surface area contributed by atoms with Gasteiger partial charge >= 0.3 is 0 Å². The van der Waals surface area contributed by atoms with Gasteiger partial charge in [-0.1, -0.05) is 114 Å². The molecule has 0 saturated heterocycles. The molecule has 0 aliphatic heterocycles. The fraction of sp³-hybridized carbons (Fsp3) is 0.736. The number of rotatable bonds is 25. The van der Waals surface area contributed by atoms with Gasteiger partial charge in [0.1, 0.15) is 11.5 Å². The number of ketones is 1. The Morgan fingerprint density at radius 2 is 1.34 bits per heavy atom. The number of aromatic nitrogens is 1. The lowest BCUT2D eigenvalue weighted by Gasteiger charge is -2.47. The molecule has 1 aromatic carbocycles. The monoisotopic (exact) mass is 958 g/mol.